The molecule has 0 amide bonds. The Hall–Kier alpha value is -2.27. The number of nitrogens with zero attached hydrogens (tertiary/aromatic N) is 1. The second kappa shape index (κ2) is 4.08. The van der Waals surface area contributed by atoms with Gasteiger partial charge in [0.15, 0.2) is 0 Å². The molecule has 0 bridgehead atoms. The van der Waals surface area contributed by atoms with Crippen molar-refractivity contribution in [2.24, 2.45) is 0 Å². The van der Waals surface area contributed by atoms with Crippen LogP contribution < -0.4 is 5.73 Å². The summed E-state index contributed by atoms with van der Waals surface area (Å²) in [5.74, 6) is 0. The van der Waals surface area contributed by atoms with Crippen molar-refractivity contribution < 1.29 is 0 Å². The van der Waals surface area contributed by atoms with Gasteiger partial charge in [0, 0.05) is 0 Å². The minimum absolute atomic E-state index is 0.534. The van der Waals surface area contributed by atoms with Crippen molar-refractivity contribution in [2.75, 3.05) is 5.73 Å². The highest BCUT2D eigenvalue weighted by atomic mass is 14.6. The number of hydrogen-bond acceptors (Lipinski definition) is 2. The Morgan fingerprint density at radius 3 is 2.44 bits per heavy atom. The fraction of sp³-hybridized carbons (Fsp3) is 0.0714. The molecule has 16 heavy (non-hydrogen) atoms. The van der Waals surface area contributed by atoms with Crippen molar-refractivity contribution in [1.82, 2.24) is 0 Å². The molecule has 0 radical (unpaired) electrons. The molecule has 0 aliphatic carbocycles. The number of rotatable bonds is 1. The maximum atomic E-state index is 8.87. The van der Waals surface area contributed by atoms with Crippen molar-refractivity contribution in [3.8, 4) is 17.2 Å². The number of aryl methyl sites for hydroxylation is 1. The van der Waals surface area contributed by atoms with E-state index in [2.05, 4.69) is 6.07 Å². The van der Waals surface area contributed by atoms with E-state index in [9.17, 15) is 0 Å². The van der Waals surface area contributed by atoms with E-state index in [0.29, 0.717) is 11.3 Å². The first kappa shape index (κ1) is 10.3. The maximum Gasteiger partial charge on any atom is 0.101 e. The Kier molecular flexibility index (Phi) is 2.61. The molecule has 2 aromatic carbocycles. The molecule has 0 aliphatic heterocycles. The second-order valence-corrected chi connectivity index (χ2v) is 3.73. The average molecular weight is 208 g/mol. The Morgan fingerprint density at radius 1 is 1.12 bits per heavy atom. The maximum absolute atomic E-state index is 8.87. The van der Waals surface area contributed by atoms with Crippen molar-refractivity contribution in [2.45, 2.75) is 6.92 Å². The summed E-state index contributed by atoms with van der Waals surface area (Å²) < 4.78 is 0. The third-order valence-electron chi connectivity index (χ3n) is 2.60. The Morgan fingerprint density at radius 2 is 1.81 bits per heavy atom. The van der Waals surface area contributed by atoms with Gasteiger partial charge in [-0.1, -0.05) is 30.3 Å². The summed E-state index contributed by atoms with van der Waals surface area (Å²) in [5.41, 5.74) is 10.2. The van der Waals surface area contributed by atoms with E-state index >= 15 is 0 Å². The Bertz CT molecular complexity index is 551. The minimum Gasteiger partial charge on any atom is -0.398 e. The zero-order valence-corrected chi connectivity index (χ0v) is 9.07. The SMILES string of the molecule is Cc1cc(C#N)c(N)cc1-c1ccccc1. The lowest BCUT2D eigenvalue weighted by molar-refractivity contribution is 1.41. The normalized spacial score (nSPS) is 9.75. The molecule has 2 aromatic rings. The van der Waals surface area contributed by atoms with Crippen LogP contribution >= 0.6 is 0 Å². The lowest BCUT2D eigenvalue weighted by Gasteiger charge is -2.08. The van der Waals surface area contributed by atoms with E-state index in [0.717, 1.165) is 16.7 Å². The van der Waals surface area contributed by atoms with E-state index in [4.69, 9.17) is 11.0 Å². The number of nitrogens with two attached hydrogens (primary N) is 1. The third-order valence-corrected chi connectivity index (χ3v) is 2.60. The Labute approximate surface area is 95.0 Å². The molecule has 0 spiro atoms. The summed E-state index contributed by atoms with van der Waals surface area (Å²) >= 11 is 0. The van der Waals surface area contributed by atoms with Gasteiger partial charge in [0.2, 0.25) is 0 Å². The first-order valence-corrected chi connectivity index (χ1v) is 5.08. The summed E-state index contributed by atoms with van der Waals surface area (Å²) in [6.45, 7) is 1.99. The predicted molar refractivity (Wildman–Crippen MR) is 65.7 cm³/mol. The molecule has 0 aromatic heterocycles. The molecule has 0 atom stereocenters. The largest absolute Gasteiger partial charge is 0.398 e. The molecule has 0 aliphatic rings. The molecule has 2 nitrogen and oxygen atoms in total. The van der Waals surface area contributed by atoms with Crippen molar-refractivity contribution in [1.29, 1.82) is 5.26 Å². The summed E-state index contributed by atoms with van der Waals surface area (Å²) in [6.07, 6.45) is 0. The molecular formula is C14H12N2. The van der Waals surface area contributed by atoms with Crippen molar-refractivity contribution >= 4 is 5.69 Å². The van der Waals surface area contributed by atoms with Gasteiger partial charge in [-0.2, -0.15) is 5.26 Å². The van der Waals surface area contributed by atoms with Gasteiger partial charge in [-0.3, -0.25) is 0 Å². The molecule has 0 unspecified atom stereocenters. The first-order chi connectivity index (χ1) is 7.72. The van der Waals surface area contributed by atoms with E-state index in [1.807, 2.05) is 49.4 Å². The highest BCUT2D eigenvalue weighted by Crippen LogP contribution is 2.27. The number of nitriles is 1. The summed E-state index contributed by atoms with van der Waals surface area (Å²) in [5, 5.41) is 8.87. The lowest BCUT2D eigenvalue weighted by Crippen LogP contribution is -1.93. The fourth-order valence-corrected chi connectivity index (χ4v) is 1.75. The quantitative estimate of drug-likeness (QED) is 0.732. The van der Waals surface area contributed by atoms with E-state index in [-0.39, 0.29) is 0 Å². The summed E-state index contributed by atoms with van der Waals surface area (Å²) in [6, 6.07) is 15.8. The molecule has 0 fully saturated rings. The van der Waals surface area contributed by atoms with Crippen LogP contribution in [-0.4, -0.2) is 0 Å². The van der Waals surface area contributed by atoms with E-state index in [1.165, 1.54) is 0 Å². The van der Waals surface area contributed by atoms with Crippen LogP contribution in [0.25, 0.3) is 11.1 Å². The van der Waals surface area contributed by atoms with Gasteiger partial charge in [0.05, 0.1) is 11.3 Å². The van der Waals surface area contributed by atoms with Crippen LogP contribution in [0.15, 0.2) is 42.5 Å². The van der Waals surface area contributed by atoms with Crippen molar-refractivity contribution in [3.63, 3.8) is 0 Å². The van der Waals surface area contributed by atoms with Crippen LogP contribution in [0.3, 0.4) is 0 Å². The zero-order valence-electron chi connectivity index (χ0n) is 9.07. The average Bonchev–Trinajstić information content (AvgIpc) is 2.32. The standard InChI is InChI=1S/C14H12N2/c1-10-7-12(9-15)14(16)8-13(10)11-5-3-2-4-6-11/h2-8H,16H2,1H3. The highest BCUT2D eigenvalue weighted by molar-refractivity contribution is 5.73. The number of nitrogen functional groups attached to an aromatic ring is 1. The van der Waals surface area contributed by atoms with E-state index < -0.39 is 0 Å². The molecule has 78 valence electrons. The van der Waals surface area contributed by atoms with Crippen LogP contribution in [0.1, 0.15) is 11.1 Å². The molecule has 2 heteroatoms. The highest BCUT2D eigenvalue weighted by Gasteiger charge is 2.06. The summed E-state index contributed by atoms with van der Waals surface area (Å²) in [4.78, 5) is 0. The van der Waals surface area contributed by atoms with Crippen LogP contribution in [-0.2, 0) is 0 Å². The van der Waals surface area contributed by atoms with Crippen LogP contribution in [0.4, 0.5) is 5.69 Å². The fourth-order valence-electron chi connectivity index (χ4n) is 1.75. The van der Waals surface area contributed by atoms with E-state index in [1.54, 1.807) is 0 Å². The first-order valence-electron chi connectivity index (χ1n) is 5.08. The second-order valence-electron chi connectivity index (χ2n) is 3.73. The number of anilines is 1. The lowest BCUT2D eigenvalue weighted by atomic mass is 9.97. The molecule has 2 N–H and O–H groups in total. The summed E-state index contributed by atoms with van der Waals surface area (Å²) in [7, 11) is 0. The minimum atomic E-state index is 0.534. The van der Waals surface area contributed by atoms with Gasteiger partial charge in [-0.25, -0.2) is 0 Å². The molecule has 2 rings (SSSR count). The molecule has 0 heterocycles. The molecule has 0 saturated heterocycles. The van der Waals surface area contributed by atoms with Crippen molar-refractivity contribution in [3.05, 3.63) is 53.6 Å². The predicted octanol–water partition coefficient (Wildman–Crippen LogP) is 3.12. The van der Waals surface area contributed by atoms with Gasteiger partial charge in [-0.05, 0) is 35.7 Å². The monoisotopic (exact) mass is 208 g/mol. The van der Waals surface area contributed by atoms with Crippen LogP contribution in [0.2, 0.25) is 0 Å². The van der Waals surface area contributed by atoms with Gasteiger partial charge in [0.25, 0.3) is 0 Å². The topological polar surface area (TPSA) is 49.8 Å². The molecule has 0 saturated carbocycles. The van der Waals surface area contributed by atoms with Crippen LogP contribution in [0.5, 0.6) is 0 Å². The smallest absolute Gasteiger partial charge is 0.101 e. The van der Waals surface area contributed by atoms with Gasteiger partial charge in [0.1, 0.15) is 6.07 Å². The molecular weight excluding hydrogens is 196 g/mol. The van der Waals surface area contributed by atoms with Crippen LogP contribution in [0, 0.1) is 18.3 Å². The van der Waals surface area contributed by atoms with Gasteiger partial charge < -0.3 is 5.73 Å². The zero-order chi connectivity index (χ0) is 11.5. The van der Waals surface area contributed by atoms with Gasteiger partial charge in [-0.15, -0.1) is 0 Å². The van der Waals surface area contributed by atoms with Gasteiger partial charge >= 0.3 is 0 Å². The Balaban J connectivity index is 2.60. The number of hydrogen-bond donors (Lipinski definition) is 1. The number of benzene rings is 2. The third kappa shape index (κ3) is 1.76.